The Labute approximate surface area is 109 Å². The van der Waals surface area contributed by atoms with Crippen LogP contribution in [0.1, 0.15) is 36.1 Å². The number of aliphatic hydroxyl groups excluding tert-OH is 1. The van der Waals surface area contributed by atoms with Crippen molar-refractivity contribution in [2.24, 2.45) is 5.92 Å². The lowest BCUT2D eigenvalue weighted by Crippen LogP contribution is -2.14. The number of hydrogen-bond donors (Lipinski definition) is 1. The topological polar surface area (TPSA) is 38.7 Å². The maximum absolute atomic E-state index is 10.5. The summed E-state index contributed by atoms with van der Waals surface area (Å²) in [4.78, 5) is 0. The minimum absolute atomic E-state index is 0.200. The predicted octanol–water partition coefficient (Wildman–Crippen LogP) is 2.77. The summed E-state index contributed by atoms with van der Waals surface area (Å²) >= 11 is 0. The van der Waals surface area contributed by atoms with Crippen molar-refractivity contribution in [3.8, 4) is 5.75 Å². The number of ether oxygens (including phenoxy) is 2. The van der Waals surface area contributed by atoms with Gasteiger partial charge in [-0.05, 0) is 56.0 Å². The van der Waals surface area contributed by atoms with E-state index in [0.717, 1.165) is 28.9 Å². The molecule has 0 spiro atoms. The highest BCUT2D eigenvalue weighted by molar-refractivity contribution is 5.42. The summed E-state index contributed by atoms with van der Waals surface area (Å²) in [6, 6.07) is 4.02. The molecule has 2 rings (SSSR count). The predicted molar refractivity (Wildman–Crippen MR) is 70.9 cm³/mol. The van der Waals surface area contributed by atoms with Gasteiger partial charge in [-0.1, -0.05) is 0 Å². The van der Waals surface area contributed by atoms with E-state index in [9.17, 15) is 5.11 Å². The molecule has 0 aromatic heterocycles. The second-order valence-electron chi connectivity index (χ2n) is 5.26. The Kier molecular flexibility index (Phi) is 3.93. The smallest absolute Gasteiger partial charge is 0.122 e. The maximum Gasteiger partial charge on any atom is 0.122 e. The van der Waals surface area contributed by atoms with Gasteiger partial charge in [0.05, 0.1) is 25.9 Å². The minimum atomic E-state index is -0.445. The van der Waals surface area contributed by atoms with Crippen LogP contribution in [0.25, 0.3) is 0 Å². The van der Waals surface area contributed by atoms with Crippen molar-refractivity contribution in [1.29, 1.82) is 0 Å². The lowest BCUT2D eigenvalue weighted by atomic mass is 9.90. The highest BCUT2D eigenvalue weighted by atomic mass is 16.5. The number of methoxy groups -OCH3 is 1. The average molecular weight is 250 g/mol. The van der Waals surface area contributed by atoms with Crippen molar-refractivity contribution in [2.75, 3.05) is 13.7 Å². The fourth-order valence-electron chi connectivity index (χ4n) is 2.67. The fraction of sp³-hybridized carbons (Fsp3) is 0.600. The summed E-state index contributed by atoms with van der Waals surface area (Å²) in [5.74, 6) is 1.07. The lowest BCUT2D eigenvalue weighted by molar-refractivity contribution is 0.0800. The zero-order valence-corrected chi connectivity index (χ0v) is 11.6. The van der Waals surface area contributed by atoms with E-state index < -0.39 is 6.10 Å². The Morgan fingerprint density at radius 2 is 2.06 bits per heavy atom. The molecule has 3 atom stereocenters. The van der Waals surface area contributed by atoms with Crippen LogP contribution < -0.4 is 4.74 Å². The SMILES string of the molecule is COc1cc(C)c(C(O)C2COC(C)C2)cc1C. The molecule has 1 N–H and O–H groups in total. The van der Waals surface area contributed by atoms with E-state index >= 15 is 0 Å². The van der Waals surface area contributed by atoms with Gasteiger partial charge in [-0.3, -0.25) is 0 Å². The van der Waals surface area contributed by atoms with Crippen molar-refractivity contribution in [2.45, 2.75) is 39.4 Å². The molecule has 3 unspecified atom stereocenters. The Bertz CT molecular complexity index is 428. The van der Waals surface area contributed by atoms with Gasteiger partial charge >= 0.3 is 0 Å². The second kappa shape index (κ2) is 5.29. The first-order valence-electron chi connectivity index (χ1n) is 6.47. The van der Waals surface area contributed by atoms with Crippen LogP contribution in [0.2, 0.25) is 0 Å². The average Bonchev–Trinajstić information content (AvgIpc) is 2.77. The van der Waals surface area contributed by atoms with Gasteiger partial charge in [0.25, 0.3) is 0 Å². The largest absolute Gasteiger partial charge is 0.496 e. The number of aliphatic hydroxyl groups is 1. The molecule has 1 aliphatic heterocycles. The van der Waals surface area contributed by atoms with E-state index in [2.05, 4.69) is 6.92 Å². The maximum atomic E-state index is 10.5. The third-order valence-corrected chi connectivity index (χ3v) is 3.78. The first-order chi connectivity index (χ1) is 8.52. The fourth-order valence-corrected chi connectivity index (χ4v) is 2.67. The zero-order valence-electron chi connectivity index (χ0n) is 11.6. The number of rotatable bonds is 3. The summed E-state index contributed by atoms with van der Waals surface area (Å²) in [7, 11) is 1.67. The van der Waals surface area contributed by atoms with Gasteiger partial charge in [0.1, 0.15) is 5.75 Å². The van der Waals surface area contributed by atoms with E-state index in [-0.39, 0.29) is 12.0 Å². The van der Waals surface area contributed by atoms with Crippen LogP contribution in [0.4, 0.5) is 0 Å². The molecule has 18 heavy (non-hydrogen) atoms. The van der Waals surface area contributed by atoms with Gasteiger partial charge in [0.15, 0.2) is 0 Å². The molecular formula is C15H22O3. The molecule has 3 nitrogen and oxygen atoms in total. The van der Waals surface area contributed by atoms with Gasteiger partial charge in [-0.15, -0.1) is 0 Å². The van der Waals surface area contributed by atoms with E-state index in [1.165, 1.54) is 0 Å². The van der Waals surface area contributed by atoms with Crippen LogP contribution in [0.3, 0.4) is 0 Å². The van der Waals surface area contributed by atoms with Crippen molar-refractivity contribution in [1.82, 2.24) is 0 Å². The molecule has 1 aromatic carbocycles. The first-order valence-corrected chi connectivity index (χ1v) is 6.47. The van der Waals surface area contributed by atoms with Gasteiger partial charge in [0, 0.05) is 5.92 Å². The van der Waals surface area contributed by atoms with Crippen LogP contribution in [0.5, 0.6) is 5.75 Å². The summed E-state index contributed by atoms with van der Waals surface area (Å²) < 4.78 is 10.8. The van der Waals surface area contributed by atoms with Crippen molar-refractivity contribution in [3.63, 3.8) is 0 Å². The van der Waals surface area contributed by atoms with E-state index in [4.69, 9.17) is 9.47 Å². The summed E-state index contributed by atoms with van der Waals surface area (Å²) in [5.41, 5.74) is 3.13. The van der Waals surface area contributed by atoms with Crippen molar-refractivity contribution in [3.05, 3.63) is 28.8 Å². The third kappa shape index (κ3) is 2.52. The van der Waals surface area contributed by atoms with E-state index in [1.54, 1.807) is 7.11 Å². The molecule has 1 aliphatic rings. The Balaban J connectivity index is 2.25. The van der Waals surface area contributed by atoms with Crippen molar-refractivity contribution >= 4 is 0 Å². The minimum Gasteiger partial charge on any atom is -0.496 e. The van der Waals surface area contributed by atoms with Crippen LogP contribution in [0.15, 0.2) is 12.1 Å². The van der Waals surface area contributed by atoms with Crippen LogP contribution in [0, 0.1) is 19.8 Å². The van der Waals surface area contributed by atoms with Gasteiger partial charge in [-0.2, -0.15) is 0 Å². The molecule has 0 amide bonds. The summed E-state index contributed by atoms with van der Waals surface area (Å²) in [6.07, 6.45) is 0.731. The monoisotopic (exact) mass is 250 g/mol. The highest BCUT2D eigenvalue weighted by Gasteiger charge is 2.30. The standard InChI is InChI=1S/C15H22O3/c1-9-6-14(17-4)10(2)5-13(9)15(16)12-7-11(3)18-8-12/h5-6,11-12,15-16H,7-8H2,1-4H3. The highest BCUT2D eigenvalue weighted by Crippen LogP contribution is 2.35. The third-order valence-electron chi connectivity index (χ3n) is 3.78. The Morgan fingerprint density at radius 3 is 2.61 bits per heavy atom. The normalized spacial score (nSPS) is 25.2. The molecule has 1 saturated heterocycles. The molecule has 1 fully saturated rings. The molecule has 1 heterocycles. The molecule has 0 bridgehead atoms. The first kappa shape index (κ1) is 13.4. The second-order valence-corrected chi connectivity index (χ2v) is 5.26. The molecule has 0 radical (unpaired) electrons. The zero-order chi connectivity index (χ0) is 13.3. The van der Waals surface area contributed by atoms with Crippen LogP contribution in [-0.2, 0) is 4.74 Å². The Hall–Kier alpha value is -1.06. The molecule has 100 valence electrons. The molecular weight excluding hydrogens is 228 g/mol. The van der Waals surface area contributed by atoms with Crippen LogP contribution >= 0.6 is 0 Å². The molecule has 3 heteroatoms. The van der Waals surface area contributed by atoms with E-state index in [1.807, 2.05) is 26.0 Å². The summed E-state index contributed by atoms with van der Waals surface area (Å²) in [5, 5.41) is 10.5. The van der Waals surface area contributed by atoms with E-state index in [0.29, 0.717) is 6.61 Å². The quantitative estimate of drug-likeness (QED) is 0.896. The number of hydrogen-bond acceptors (Lipinski definition) is 3. The molecule has 1 aromatic rings. The Morgan fingerprint density at radius 1 is 1.33 bits per heavy atom. The van der Waals surface area contributed by atoms with Gasteiger partial charge in [-0.25, -0.2) is 0 Å². The molecule has 0 aliphatic carbocycles. The van der Waals surface area contributed by atoms with Gasteiger partial charge < -0.3 is 14.6 Å². The molecule has 0 saturated carbocycles. The lowest BCUT2D eigenvalue weighted by Gasteiger charge is -2.20. The number of aryl methyl sites for hydroxylation is 2. The van der Waals surface area contributed by atoms with Crippen LogP contribution in [-0.4, -0.2) is 24.9 Å². The summed E-state index contributed by atoms with van der Waals surface area (Å²) in [6.45, 7) is 6.72. The number of benzene rings is 1. The van der Waals surface area contributed by atoms with Crippen molar-refractivity contribution < 1.29 is 14.6 Å². The van der Waals surface area contributed by atoms with Gasteiger partial charge in [0.2, 0.25) is 0 Å².